The van der Waals surface area contributed by atoms with Gasteiger partial charge >= 0.3 is 5.97 Å². The average molecular weight is 299 g/mol. The number of nitrogens with one attached hydrogen (secondary N) is 2. The Morgan fingerprint density at radius 1 is 1.45 bits per heavy atom. The number of rotatable bonds is 7. The lowest BCUT2D eigenvalue weighted by Crippen LogP contribution is -2.31. The van der Waals surface area contributed by atoms with Crippen LogP contribution in [0, 0.1) is 0 Å². The summed E-state index contributed by atoms with van der Waals surface area (Å²) in [7, 11) is 1.60. The maximum Gasteiger partial charge on any atom is 0.317 e. The van der Waals surface area contributed by atoms with Crippen molar-refractivity contribution >= 4 is 28.3 Å². The van der Waals surface area contributed by atoms with Crippen LogP contribution >= 0.6 is 11.3 Å². The van der Waals surface area contributed by atoms with E-state index in [0.29, 0.717) is 30.4 Å². The van der Waals surface area contributed by atoms with Crippen molar-refractivity contribution in [1.82, 2.24) is 10.3 Å². The minimum absolute atomic E-state index is 0.0267. The lowest BCUT2D eigenvalue weighted by atomic mass is 9.90. The van der Waals surface area contributed by atoms with Gasteiger partial charge in [0.05, 0.1) is 12.3 Å². The molecule has 0 spiro atoms. The van der Waals surface area contributed by atoms with Crippen molar-refractivity contribution < 1.29 is 14.3 Å². The van der Waals surface area contributed by atoms with Crippen LogP contribution in [0.2, 0.25) is 0 Å². The summed E-state index contributed by atoms with van der Waals surface area (Å²) in [6.07, 6.45) is 0.382. The number of carbonyl (C=O) groups excluding carboxylic acids is 2. The number of hydrogen-bond donors (Lipinski definition) is 2. The van der Waals surface area contributed by atoms with Crippen LogP contribution < -0.4 is 10.6 Å². The molecular formula is C13H21N3O3S. The fraction of sp³-hybridized carbons (Fsp3) is 0.615. The van der Waals surface area contributed by atoms with Gasteiger partial charge in [0.25, 0.3) is 0 Å². The van der Waals surface area contributed by atoms with Crippen molar-refractivity contribution in [2.45, 2.75) is 32.6 Å². The minimum Gasteiger partial charge on any atom is -0.465 e. The minimum atomic E-state index is -0.771. The van der Waals surface area contributed by atoms with Gasteiger partial charge in [-0.3, -0.25) is 9.59 Å². The molecule has 1 aromatic heterocycles. The molecule has 2 N–H and O–H groups in total. The number of hydrogen-bond acceptors (Lipinski definition) is 6. The van der Waals surface area contributed by atoms with E-state index in [2.05, 4.69) is 15.6 Å². The molecule has 0 saturated carbocycles. The Labute approximate surface area is 122 Å². The zero-order chi connectivity index (χ0) is 15.2. The third-order valence-electron chi connectivity index (χ3n) is 2.84. The molecule has 0 bridgehead atoms. The number of amides is 1. The zero-order valence-electron chi connectivity index (χ0n) is 12.3. The van der Waals surface area contributed by atoms with Crippen LogP contribution in [0.1, 0.15) is 32.9 Å². The molecule has 6 nitrogen and oxygen atoms in total. The SMILES string of the molecule is CCOC(=O)C(C)(C)c1csc(NCCC(=O)NC)n1. The Morgan fingerprint density at radius 3 is 2.75 bits per heavy atom. The van der Waals surface area contributed by atoms with Gasteiger partial charge in [-0.2, -0.15) is 0 Å². The van der Waals surface area contributed by atoms with Crippen molar-refractivity contribution in [2.75, 3.05) is 25.5 Å². The molecule has 0 aromatic carbocycles. The summed E-state index contributed by atoms with van der Waals surface area (Å²) in [6.45, 7) is 6.21. The van der Waals surface area contributed by atoms with Gasteiger partial charge in [-0.1, -0.05) is 0 Å². The van der Waals surface area contributed by atoms with Crippen molar-refractivity contribution in [2.24, 2.45) is 0 Å². The van der Waals surface area contributed by atoms with Gasteiger partial charge in [0, 0.05) is 25.4 Å². The Morgan fingerprint density at radius 2 is 2.15 bits per heavy atom. The van der Waals surface area contributed by atoms with Crippen LogP contribution in [0.25, 0.3) is 0 Å². The van der Waals surface area contributed by atoms with E-state index in [4.69, 9.17) is 4.74 Å². The maximum absolute atomic E-state index is 11.9. The van der Waals surface area contributed by atoms with Gasteiger partial charge in [-0.05, 0) is 20.8 Å². The second-order valence-electron chi connectivity index (χ2n) is 4.73. The fourth-order valence-corrected chi connectivity index (χ4v) is 2.37. The van der Waals surface area contributed by atoms with Crippen molar-refractivity contribution in [3.63, 3.8) is 0 Å². The molecule has 0 unspecified atom stereocenters. The van der Waals surface area contributed by atoms with Gasteiger partial charge in [-0.25, -0.2) is 4.98 Å². The molecule has 0 radical (unpaired) electrons. The summed E-state index contributed by atoms with van der Waals surface area (Å²) < 4.78 is 5.05. The number of ether oxygens (including phenoxy) is 1. The maximum atomic E-state index is 11.9. The number of carbonyl (C=O) groups is 2. The van der Waals surface area contributed by atoms with Crippen LogP contribution in [0.15, 0.2) is 5.38 Å². The highest BCUT2D eigenvalue weighted by Crippen LogP contribution is 2.28. The number of thiazole rings is 1. The molecule has 0 aliphatic heterocycles. The smallest absolute Gasteiger partial charge is 0.317 e. The first kappa shape index (κ1) is 16.4. The van der Waals surface area contributed by atoms with Crippen LogP contribution in [0.5, 0.6) is 0 Å². The Hall–Kier alpha value is -1.63. The molecule has 1 aromatic rings. The third-order valence-corrected chi connectivity index (χ3v) is 3.64. The molecule has 7 heteroatoms. The summed E-state index contributed by atoms with van der Waals surface area (Å²) in [6, 6.07) is 0. The number of anilines is 1. The van der Waals surface area contributed by atoms with Gasteiger partial charge in [0.2, 0.25) is 5.91 Å². The van der Waals surface area contributed by atoms with Crippen LogP contribution in [-0.2, 0) is 19.7 Å². The fourth-order valence-electron chi connectivity index (χ4n) is 1.47. The normalized spacial score (nSPS) is 11.0. The summed E-state index contributed by atoms with van der Waals surface area (Å²) in [5.74, 6) is -0.316. The highest BCUT2D eigenvalue weighted by Gasteiger charge is 2.33. The summed E-state index contributed by atoms with van der Waals surface area (Å²) in [5.41, 5.74) is -0.101. The quantitative estimate of drug-likeness (QED) is 0.746. The predicted molar refractivity (Wildman–Crippen MR) is 78.9 cm³/mol. The monoisotopic (exact) mass is 299 g/mol. The van der Waals surface area contributed by atoms with E-state index in [1.54, 1.807) is 27.8 Å². The van der Waals surface area contributed by atoms with Crippen molar-refractivity contribution in [3.8, 4) is 0 Å². The van der Waals surface area contributed by atoms with Gasteiger partial charge in [-0.15, -0.1) is 11.3 Å². The standard InChI is InChI=1S/C13H21N3O3S/c1-5-19-11(18)13(2,3)9-8-20-12(16-9)15-7-6-10(17)14-4/h8H,5-7H2,1-4H3,(H,14,17)(H,15,16). The molecule has 0 saturated heterocycles. The predicted octanol–water partition coefficient (Wildman–Crippen LogP) is 1.53. The molecule has 1 heterocycles. The van der Waals surface area contributed by atoms with E-state index in [1.165, 1.54) is 11.3 Å². The first-order valence-electron chi connectivity index (χ1n) is 6.49. The Bertz CT molecular complexity index is 471. The zero-order valence-corrected chi connectivity index (χ0v) is 13.1. The third kappa shape index (κ3) is 4.19. The lowest BCUT2D eigenvalue weighted by molar-refractivity contribution is -0.148. The Kier molecular flexibility index (Phi) is 5.94. The van der Waals surface area contributed by atoms with E-state index in [1.807, 2.05) is 5.38 Å². The topological polar surface area (TPSA) is 80.3 Å². The second kappa shape index (κ2) is 7.23. The second-order valence-corrected chi connectivity index (χ2v) is 5.59. The lowest BCUT2D eigenvalue weighted by Gasteiger charge is -2.19. The molecule has 0 aliphatic rings. The highest BCUT2D eigenvalue weighted by molar-refractivity contribution is 7.13. The molecular weight excluding hydrogens is 278 g/mol. The average Bonchev–Trinajstić information content (AvgIpc) is 2.88. The molecule has 112 valence electrons. The molecule has 0 atom stereocenters. The number of esters is 1. The van der Waals surface area contributed by atoms with E-state index in [0.717, 1.165) is 0 Å². The van der Waals surface area contributed by atoms with Gasteiger partial charge in [0.15, 0.2) is 5.13 Å². The highest BCUT2D eigenvalue weighted by atomic mass is 32.1. The largest absolute Gasteiger partial charge is 0.465 e. The van der Waals surface area contributed by atoms with Crippen LogP contribution in [-0.4, -0.2) is 37.1 Å². The Balaban J connectivity index is 2.62. The van der Waals surface area contributed by atoms with Crippen LogP contribution in [0.4, 0.5) is 5.13 Å². The molecule has 1 amide bonds. The summed E-state index contributed by atoms with van der Waals surface area (Å²) in [4.78, 5) is 27.4. The summed E-state index contributed by atoms with van der Waals surface area (Å²) >= 11 is 1.41. The molecule has 0 fully saturated rings. The van der Waals surface area contributed by atoms with E-state index < -0.39 is 5.41 Å². The van der Waals surface area contributed by atoms with Crippen LogP contribution in [0.3, 0.4) is 0 Å². The van der Waals surface area contributed by atoms with E-state index in [-0.39, 0.29) is 11.9 Å². The number of aromatic nitrogens is 1. The van der Waals surface area contributed by atoms with Gasteiger partial charge in [0.1, 0.15) is 5.41 Å². The van der Waals surface area contributed by atoms with E-state index in [9.17, 15) is 9.59 Å². The van der Waals surface area contributed by atoms with Gasteiger partial charge < -0.3 is 15.4 Å². The van der Waals surface area contributed by atoms with Crippen molar-refractivity contribution in [1.29, 1.82) is 0 Å². The van der Waals surface area contributed by atoms with E-state index >= 15 is 0 Å². The first-order valence-corrected chi connectivity index (χ1v) is 7.37. The molecule has 0 aliphatic carbocycles. The number of nitrogens with zero attached hydrogens (tertiary/aromatic N) is 1. The first-order chi connectivity index (χ1) is 9.41. The molecule has 1 rings (SSSR count). The van der Waals surface area contributed by atoms with Crippen molar-refractivity contribution in [3.05, 3.63) is 11.1 Å². The summed E-state index contributed by atoms with van der Waals surface area (Å²) in [5, 5.41) is 8.15. The molecule has 20 heavy (non-hydrogen) atoms.